The summed E-state index contributed by atoms with van der Waals surface area (Å²) in [5.74, 6) is -0.646. The number of halogens is 4. The van der Waals surface area contributed by atoms with E-state index in [1.807, 2.05) is 5.01 Å². The Morgan fingerprint density at radius 3 is 2.57 bits per heavy atom. The number of carbonyl (C=O) groups is 2. The zero-order valence-electron chi connectivity index (χ0n) is 14.4. The van der Waals surface area contributed by atoms with E-state index in [0.29, 0.717) is 24.8 Å². The van der Waals surface area contributed by atoms with Crippen LogP contribution in [0.3, 0.4) is 0 Å². The van der Waals surface area contributed by atoms with Gasteiger partial charge in [0.25, 0.3) is 11.8 Å². The molecule has 3 N–H and O–H groups in total. The molecule has 3 rings (SSSR count). The molecule has 0 aromatic heterocycles. The lowest BCUT2D eigenvalue weighted by atomic mass is 10.2. The van der Waals surface area contributed by atoms with E-state index < -0.39 is 0 Å². The van der Waals surface area contributed by atoms with Crippen LogP contribution >= 0.6 is 58.8 Å². The van der Waals surface area contributed by atoms with E-state index >= 15 is 0 Å². The zero-order valence-corrected chi connectivity index (χ0v) is 19.0. The summed E-state index contributed by atoms with van der Waals surface area (Å²) in [6, 6.07) is 3.18. The number of hydrogen-bond donors (Lipinski definition) is 2. The molecule has 2 amide bonds. The van der Waals surface area contributed by atoms with Gasteiger partial charge in [0, 0.05) is 10.6 Å². The highest BCUT2D eigenvalue weighted by Crippen LogP contribution is 2.37. The van der Waals surface area contributed by atoms with Crippen LogP contribution in [0.15, 0.2) is 17.0 Å². The molecule has 2 aliphatic heterocycles. The number of thiocarbonyl (C=S) groups is 1. The summed E-state index contributed by atoms with van der Waals surface area (Å²) in [7, 11) is 0. The van der Waals surface area contributed by atoms with Crippen molar-refractivity contribution in [2.75, 3.05) is 32.7 Å². The number of quaternary nitrogens is 1. The highest BCUT2D eigenvalue weighted by Gasteiger charge is 2.34. The maximum Gasteiger partial charge on any atom is 0.266 e. The molecule has 28 heavy (non-hydrogen) atoms. The van der Waals surface area contributed by atoms with Gasteiger partial charge in [-0.2, -0.15) is 0 Å². The fourth-order valence-electron chi connectivity index (χ4n) is 2.66. The number of hydrogen-bond acceptors (Lipinski definition) is 5. The Kier molecular flexibility index (Phi) is 8.84. The first-order valence-corrected chi connectivity index (χ1v) is 10.5. The fourth-order valence-corrected chi connectivity index (χ4v) is 4.54. The van der Waals surface area contributed by atoms with E-state index in [1.165, 1.54) is 4.90 Å². The maximum absolute atomic E-state index is 12.7. The smallest absolute Gasteiger partial charge is 0.266 e. The third-order valence-corrected chi connectivity index (χ3v) is 6.55. The molecule has 0 unspecified atom stereocenters. The molecule has 2 fully saturated rings. The Labute approximate surface area is 193 Å². The number of nitrogens with two attached hydrogens (primary N) is 1. The van der Waals surface area contributed by atoms with Gasteiger partial charge in [-0.15, -0.1) is 0 Å². The Bertz CT molecular complexity index is 831. The highest BCUT2D eigenvalue weighted by atomic mass is 35.5. The quantitative estimate of drug-likeness (QED) is 0.307. The van der Waals surface area contributed by atoms with Crippen molar-refractivity contribution in [3.8, 4) is 0 Å². The molecule has 1 aromatic carbocycles. The molecular formula is C16H16Cl4N4O2S2. The minimum absolute atomic E-state index is 0. The average molecular weight is 502 g/mol. The third kappa shape index (κ3) is 5.52. The molecule has 0 atom stereocenters. The lowest BCUT2D eigenvalue weighted by Gasteiger charge is -2.26. The lowest BCUT2D eigenvalue weighted by Crippen LogP contribution is -3.00. The number of nitrogens with zero attached hydrogens (tertiary/aromatic N) is 2. The summed E-state index contributed by atoms with van der Waals surface area (Å²) in [6.45, 7) is 3.22. The molecule has 2 saturated heterocycles. The van der Waals surface area contributed by atoms with Crippen molar-refractivity contribution in [2.24, 2.45) is 0 Å². The monoisotopic (exact) mass is 500 g/mol. The van der Waals surface area contributed by atoms with E-state index in [0.717, 1.165) is 37.9 Å². The van der Waals surface area contributed by atoms with Gasteiger partial charge in [-0.25, -0.2) is 5.01 Å². The molecule has 0 bridgehead atoms. The SMILES string of the molecule is O=C(CN1C(=O)/C(=C/c2c(Cl)ccc(Cl)c2Cl)SC1=S)NN1CC[NH2+]CC1.[Cl-]. The van der Waals surface area contributed by atoms with E-state index in [1.54, 1.807) is 18.2 Å². The largest absolute Gasteiger partial charge is 1.00 e. The lowest BCUT2D eigenvalue weighted by molar-refractivity contribution is -0.663. The second kappa shape index (κ2) is 10.4. The summed E-state index contributed by atoms with van der Waals surface area (Å²) in [6.07, 6.45) is 1.55. The van der Waals surface area contributed by atoms with Crippen LogP contribution in [0.1, 0.15) is 5.56 Å². The average Bonchev–Trinajstić information content (AvgIpc) is 2.90. The number of benzene rings is 1. The van der Waals surface area contributed by atoms with Crippen LogP contribution in [-0.2, 0) is 9.59 Å². The van der Waals surface area contributed by atoms with Crippen LogP contribution in [0, 0.1) is 0 Å². The second-order valence-electron chi connectivity index (χ2n) is 5.91. The molecule has 0 radical (unpaired) electrons. The predicted molar refractivity (Wildman–Crippen MR) is 113 cm³/mol. The third-order valence-electron chi connectivity index (χ3n) is 4.02. The normalized spacial score (nSPS) is 19.1. The standard InChI is InChI=1S/C16H15Cl3N4O2S2.ClH/c17-10-1-2-11(18)14(19)9(10)7-12-15(25)23(16(26)27-12)8-13(24)21-22-5-3-20-4-6-22;/h1-2,7,20H,3-6,8H2,(H,21,24);1H/b12-7-;. The molecule has 2 aliphatic rings. The van der Waals surface area contributed by atoms with Crippen molar-refractivity contribution >= 4 is 81.0 Å². The zero-order chi connectivity index (χ0) is 19.6. The van der Waals surface area contributed by atoms with E-state index in [9.17, 15) is 9.59 Å². The van der Waals surface area contributed by atoms with Crippen LogP contribution in [0.25, 0.3) is 6.08 Å². The summed E-state index contributed by atoms with van der Waals surface area (Å²) < 4.78 is 0.308. The van der Waals surface area contributed by atoms with Crippen LogP contribution in [-0.4, -0.2) is 58.8 Å². The number of amides is 2. The first kappa shape index (κ1) is 23.7. The van der Waals surface area contributed by atoms with E-state index in [2.05, 4.69) is 10.7 Å². The molecule has 0 aliphatic carbocycles. The maximum atomic E-state index is 12.7. The topological polar surface area (TPSA) is 69.3 Å². The van der Waals surface area contributed by atoms with Crippen molar-refractivity contribution < 1.29 is 27.3 Å². The molecule has 152 valence electrons. The number of piperazine rings is 1. The van der Waals surface area contributed by atoms with Crippen molar-refractivity contribution in [1.29, 1.82) is 0 Å². The van der Waals surface area contributed by atoms with Crippen LogP contribution in [0.5, 0.6) is 0 Å². The van der Waals surface area contributed by atoms with E-state index in [4.69, 9.17) is 47.0 Å². The van der Waals surface area contributed by atoms with Crippen molar-refractivity contribution in [1.82, 2.24) is 15.3 Å². The number of thioether (sulfide) groups is 1. The minimum Gasteiger partial charge on any atom is -1.00 e. The Morgan fingerprint density at radius 2 is 1.89 bits per heavy atom. The van der Waals surface area contributed by atoms with Gasteiger partial charge in [0.1, 0.15) is 10.9 Å². The van der Waals surface area contributed by atoms with Crippen molar-refractivity contribution in [2.45, 2.75) is 0 Å². The number of hydrazine groups is 1. The number of nitrogens with one attached hydrogen (secondary N) is 1. The molecule has 2 heterocycles. The molecule has 6 nitrogen and oxygen atoms in total. The minimum atomic E-state index is -0.362. The van der Waals surface area contributed by atoms with Gasteiger partial charge >= 0.3 is 0 Å². The van der Waals surface area contributed by atoms with Crippen molar-refractivity contribution in [3.63, 3.8) is 0 Å². The highest BCUT2D eigenvalue weighted by molar-refractivity contribution is 8.26. The van der Waals surface area contributed by atoms with Gasteiger partial charge in [0.2, 0.25) is 0 Å². The van der Waals surface area contributed by atoms with Crippen LogP contribution < -0.4 is 23.1 Å². The van der Waals surface area contributed by atoms with Crippen LogP contribution in [0.4, 0.5) is 0 Å². The second-order valence-corrected chi connectivity index (χ2v) is 8.78. The first-order chi connectivity index (χ1) is 12.9. The molecule has 1 aromatic rings. The number of carbonyl (C=O) groups excluding carboxylic acids is 2. The first-order valence-electron chi connectivity index (χ1n) is 8.12. The molecule has 12 heteroatoms. The van der Waals surface area contributed by atoms with Gasteiger partial charge in [-0.3, -0.25) is 19.9 Å². The summed E-state index contributed by atoms with van der Waals surface area (Å²) in [5, 5.41) is 4.99. The Balaban J connectivity index is 0.00000280. The number of rotatable bonds is 4. The van der Waals surface area contributed by atoms with Gasteiger partial charge < -0.3 is 17.7 Å². The van der Waals surface area contributed by atoms with Gasteiger partial charge in [-0.1, -0.05) is 58.8 Å². The van der Waals surface area contributed by atoms with E-state index in [-0.39, 0.29) is 35.8 Å². The Hall–Kier alpha value is -0.580. The van der Waals surface area contributed by atoms with Gasteiger partial charge in [0.05, 0.1) is 41.1 Å². The molecular weight excluding hydrogens is 486 g/mol. The van der Waals surface area contributed by atoms with Crippen LogP contribution in [0.2, 0.25) is 15.1 Å². The summed E-state index contributed by atoms with van der Waals surface area (Å²) in [4.78, 5) is 26.6. The summed E-state index contributed by atoms with van der Waals surface area (Å²) in [5.41, 5.74) is 3.25. The van der Waals surface area contributed by atoms with Crippen molar-refractivity contribution in [3.05, 3.63) is 37.7 Å². The Morgan fingerprint density at radius 1 is 1.25 bits per heavy atom. The summed E-state index contributed by atoms with van der Waals surface area (Å²) >= 11 is 24.7. The van der Waals surface area contributed by atoms with Gasteiger partial charge in [0.15, 0.2) is 0 Å². The predicted octanol–water partition coefficient (Wildman–Crippen LogP) is -1.24. The fraction of sp³-hybridized carbons (Fsp3) is 0.312. The van der Waals surface area contributed by atoms with Gasteiger partial charge in [-0.05, 0) is 18.2 Å². The molecule has 0 saturated carbocycles. The molecule has 0 spiro atoms.